The first-order valence-corrected chi connectivity index (χ1v) is 12.8. The van der Waals surface area contributed by atoms with Gasteiger partial charge in [-0.3, -0.25) is 9.59 Å². The van der Waals surface area contributed by atoms with Crippen molar-refractivity contribution in [3.63, 3.8) is 0 Å². The summed E-state index contributed by atoms with van der Waals surface area (Å²) in [5.74, 6) is 3.28. The summed E-state index contributed by atoms with van der Waals surface area (Å²) in [4.78, 5) is 24.7. The van der Waals surface area contributed by atoms with Crippen molar-refractivity contribution in [2.75, 3.05) is 0 Å². The predicted molar refractivity (Wildman–Crippen MR) is 118 cm³/mol. The summed E-state index contributed by atoms with van der Waals surface area (Å²) < 4.78 is 6.17. The van der Waals surface area contributed by atoms with Crippen molar-refractivity contribution in [1.29, 1.82) is 0 Å². The second-order valence-corrected chi connectivity index (χ2v) is 11.8. The highest BCUT2D eigenvalue weighted by atomic mass is 16.5. The molecule has 0 bridgehead atoms. The maximum atomic E-state index is 12.7. The van der Waals surface area contributed by atoms with Gasteiger partial charge in [0.25, 0.3) is 0 Å². The van der Waals surface area contributed by atoms with E-state index in [-0.39, 0.29) is 22.9 Å². The normalized spacial score (nSPS) is 43.5. The molecular weight excluding hydrogens is 372 g/mol. The van der Waals surface area contributed by atoms with E-state index in [0.717, 1.165) is 43.9 Å². The molecule has 3 nitrogen and oxygen atoms in total. The Morgan fingerprint density at radius 2 is 1.80 bits per heavy atom. The summed E-state index contributed by atoms with van der Waals surface area (Å²) in [6.45, 7) is 4.87. The predicted octanol–water partition coefficient (Wildman–Crippen LogP) is 6.40. The van der Waals surface area contributed by atoms with Crippen molar-refractivity contribution in [1.82, 2.24) is 0 Å². The van der Waals surface area contributed by atoms with Crippen LogP contribution >= 0.6 is 0 Å². The van der Waals surface area contributed by atoms with Gasteiger partial charge in [0, 0.05) is 18.3 Å². The molecule has 0 spiro atoms. The minimum atomic E-state index is 0.0579. The van der Waals surface area contributed by atoms with Crippen LogP contribution in [-0.2, 0) is 14.3 Å². The number of hydrogen-bond donors (Lipinski definition) is 0. The minimum absolute atomic E-state index is 0.0579. The molecule has 4 saturated carbocycles. The van der Waals surface area contributed by atoms with Crippen LogP contribution in [0.15, 0.2) is 11.6 Å². The fourth-order valence-electron chi connectivity index (χ4n) is 8.54. The lowest BCUT2D eigenvalue weighted by Gasteiger charge is -2.57. The highest BCUT2D eigenvalue weighted by Gasteiger charge is 2.59. The highest BCUT2D eigenvalue weighted by Crippen LogP contribution is 2.65. The molecule has 0 aromatic rings. The van der Waals surface area contributed by atoms with E-state index in [2.05, 4.69) is 13.8 Å². The number of ketones is 1. The van der Waals surface area contributed by atoms with E-state index >= 15 is 0 Å². The van der Waals surface area contributed by atoms with E-state index in [4.69, 9.17) is 4.74 Å². The third-order valence-electron chi connectivity index (χ3n) is 10.4. The molecule has 3 heteroatoms. The summed E-state index contributed by atoms with van der Waals surface area (Å²) in [5.41, 5.74) is 1.83. The number of allylic oxidation sites excluding steroid dienone is 1. The zero-order chi connectivity index (χ0) is 20.9. The monoisotopic (exact) mass is 412 g/mol. The second-order valence-electron chi connectivity index (χ2n) is 11.8. The molecule has 0 N–H and O–H groups in total. The number of carbonyl (C=O) groups excluding carboxylic acids is 2. The van der Waals surface area contributed by atoms with Gasteiger partial charge in [0.15, 0.2) is 5.78 Å². The SMILES string of the molecule is CC12CCC(=O)C=C1CCC1[C@@H]2CCC2(C)[C@@H](OC(=O)CCC3CCCC3)CC[C@@H]12. The number of fused-ring (bicyclic) bond motifs is 5. The Hall–Kier alpha value is -1.12. The summed E-state index contributed by atoms with van der Waals surface area (Å²) in [6.07, 6.45) is 17.8. The summed E-state index contributed by atoms with van der Waals surface area (Å²) >= 11 is 0. The molecule has 30 heavy (non-hydrogen) atoms. The van der Waals surface area contributed by atoms with Crippen LogP contribution in [0.2, 0.25) is 0 Å². The summed E-state index contributed by atoms with van der Waals surface area (Å²) in [7, 11) is 0. The summed E-state index contributed by atoms with van der Waals surface area (Å²) in [5, 5.41) is 0. The minimum Gasteiger partial charge on any atom is -0.462 e. The van der Waals surface area contributed by atoms with Crippen LogP contribution in [0.1, 0.15) is 104 Å². The first-order chi connectivity index (χ1) is 14.4. The van der Waals surface area contributed by atoms with Crippen molar-refractivity contribution in [2.45, 2.75) is 110 Å². The lowest BCUT2D eigenvalue weighted by Crippen LogP contribution is -2.51. The van der Waals surface area contributed by atoms with Crippen molar-refractivity contribution in [3.05, 3.63) is 11.6 Å². The molecular formula is C27H40O3. The van der Waals surface area contributed by atoms with Gasteiger partial charge >= 0.3 is 5.97 Å². The average Bonchev–Trinajstić information content (AvgIpc) is 3.35. The summed E-state index contributed by atoms with van der Waals surface area (Å²) in [6, 6.07) is 0. The fraction of sp³-hybridized carbons (Fsp3) is 0.852. The van der Waals surface area contributed by atoms with Gasteiger partial charge in [0.05, 0.1) is 0 Å². The lowest BCUT2D eigenvalue weighted by molar-refractivity contribution is -0.160. The van der Waals surface area contributed by atoms with Crippen LogP contribution in [-0.4, -0.2) is 17.9 Å². The van der Waals surface area contributed by atoms with Crippen molar-refractivity contribution in [2.24, 2.45) is 34.5 Å². The van der Waals surface area contributed by atoms with E-state index in [9.17, 15) is 9.59 Å². The van der Waals surface area contributed by atoms with Crippen molar-refractivity contribution < 1.29 is 14.3 Å². The number of esters is 1. The van der Waals surface area contributed by atoms with Crippen LogP contribution < -0.4 is 0 Å². The molecule has 5 rings (SSSR count). The van der Waals surface area contributed by atoms with E-state index in [1.54, 1.807) is 0 Å². The smallest absolute Gasteiger partial charge is 0.306 e. The van der Waals surface area contributed by atoms with Gasteiger partial charge in [-0.1, -0.05) is 45.1 Å². The quantitative estimate of drug-likeness (QED) is 0.502. The zero-order valence-corrected chi connectivity index (χ0v) is 19.1. The molecule has 0 radical (unpaired) electrons. The molecule has 0 aromatic carbocycles. The molecule has 5 aliphatic carbocycles. The second kappa shape index (κ2) is 7.78. The van der Waals surface area contributed by atoms with Crippen molar-refractivity contribution >= 4 is 11.8 Å². The standard InChI is InChI=1S/C27H40O3/c1-26-15-13-20(28)17-19(26)8-9-21-22-10-11-24(27(22,2)16-14-23(21)26)30-25(29)12-7-18-5-3-4-6-18/h17-18,21-24H,3-16H2,1-2H3/t21?,22-,23-,24-,26?,27?/m0/s1. The number of hydrogen-bond acceptors (Lipinski definition) is 3. The molecule has 5 aliphatic rings. The van der Waals surface area contributed by atoms with Gasteiger partial charge < -0.3 is 4.74 Å². The molecule has 0 amide bonds. The molecule has 0 aromatic heterocycles. The Labute approximate surface area is 182 Å². The zero-order valence-electron chi connectivity index (χ0n) is 19.1. The third-order valence-corrected chi connectivity index (χ3v) is 10.4. The van der Waals surface area contributed by atoms with Crippen LogP contribution in [0.3, 0.4) is 0 Å². The molecule has 3 unspecified atom stereocenters. The Balaban J connectivity index is 1.25. The van der Waals surface area contributed by atoms with Crippen LogP contribution in [0.4, 0.5) is 0 Å². The van der Waals surface area contributed by atoms with E-state index in [0.29, 0.717) is 24.0 Å². The maximum absolute atomic E-state index is 12.7. The van der Waals surface area contributed by atoms with Gasteiger partial charge in [0.1, 0.15) is 6.10 Å². The Bertz CT molecular complexity index is 732. The van der Waals surface area contributed by atoms with Crippen LogP contribution in [0, 0.1) is 34.5 Å². The van der Waals surface area contributed by atoms with Gasteiger partial charge in [-0.15, -0.1) is 0 Å². The van der Waals surface area contributed by atoms with E-state index < -0.39 is 0 Å². The third kappa shape index (κ3) is 3.39. The maximum Gasteiger partial charge on any atom is 0.306 e. The van der Waals surface area contributed by atoms with Gasteiger partial charge in [-0.2, -0.15) is 0 Å². The van der Waals surface area contributed by atoms with E-state index in [1.165, 1.54) is 56.9 Å². The molecule has 0 aliphatic heterocycles. The number of carbonyl (C=O) groups is 2. The number of ether oxygens (including phenoxy) is 1. The molecule has 6 atom stereocenters. The molecule has 166 valence electrons. The van der Waals surface area contributed by atoms with Gasteiger partial charge in [-0.25, -0.2) is 0 Å². The van der Waals surface area contributed by atoms with Gasteiger partial charge in [0.2, 0.25) is 0 Å². The first-order valence-electron chi connectivity index (χ1n) is 12.8. The largest absolute Gasteiger partial charge is 0.462 e. The van der Waals surface area contributed by atoms with Crippen molar-refractivity contribution in [3.8, 4) is 0 Å². The van der Waals surface area contributed by atoms with E-state index in [1.807, 2.05) is 6.08 Å². The number of rotatable bonds is 4. The Morgan fingerprint density at radius 3 is 2.60 bits per heavy atom. The molecule has 4 fully saturated rings. The topological polar surface area (TPSA) is 43.4 Å². The molecule has 0 saturated heterocycles. The Morgan fingerprint density at radius 1 is 1.00 bits per heavy atom. The lowest BCUT2D eigenvalue weighted by atomic mass is 9.47. The van der Waals surface area contributed by atoms with Gasteiger partial charge in [-0.05, 0) is 86.5 Å². The van der Waals surface area contributed by atoms with Crippen LogP contribution in [0.5, 0.6) is 0 Å². The first kappa shape index (κ1) is 20.8. The van der Waals surface area contributed by atoms with Crippen LogP contribution in [0.25, 0.3) is 0 Å². The average molecular weight is 413 g/mol. The molecule has 0 heterocycles. The highest BCUT2D eigenvalue weighted by molar-refractivity contribution is 5.91. The Kier molecular flexibility index (Phi) is 5.39. The fourth-order valence-corrected chi connectivity index (χ4v) is 8.54.